The van der Waals surface area contributed by atoms with Crippen LogP contribution in [-0.2, 0) is 0 Å². The lowest BCUT2D eigenvalue weighted by Gasteiger charge is -2.41. The van der Waals surface area contributed by atoms with E-state index in [0.29, 0.717) is 17.9 Å². The fourth-order valence-corrected chi connectivity index (χ4v) is 3.36. The maximum Gasteiger partial charge on any atom is 0.0112 e. The minimum atomic E-state index is 0.435. The molecule has 0 aromatic heterocycles. The van der Waals surface area contributed by atoms with Crippen molar-refractivity contribution in [3.05, 3.63) is 47.6 Å². The predicted octanol–water partition coefficient (Wildman–Crippen LogP) is 6.83. The van der Waals surface area contributed by atoms with E-state index >= 15 is 0 Å². The Hall–Kier alpha value is -1.08. The van der Waals surface area contributed by atoms with E-state index < -0.39 is 0 Å². The first-order chi connectivity index (χ1) is 11.3. The monoisotopic (exact) mass is 331 g/mol. The molecule has 0 saturated heterocycles. The molecule has 1 rings (SSSR count). The van der Waals surface area contributed by atoms with Crippen molar-refractivity contribution < 1.29 is 0 Å². The van der Waals surface area contributed by atoms with E-state index in [1.807, 2.05) is 6.08 Å². The van der Waals surface area contributed by atoms with E-state index in [2.05, 4.69) is 78.8 Å². The van der Waals surface area contributed by atoms with Gasteiger partial charge in [0.2, 0.25) is 0 Å². The normalized spacial score (nSPS) is 25.0. The lowest BCUT2D eigenvalue weighted by molar-refractivity contribution is 0.123. The average molecular weight is 332 g/mol. The van der Waals surface area contributed by atoms with Crippen LogP contribution in [0.1, 0.15) is 74.1 Å². The fourth-order valence-electron chi connectivity index (χ4n) is 3.36. The van der Waals surface area contributed by atoms with E-state index in [9.17, 15) is 0 Å². The van der Waals surface area contributed by atoms with Crippen LogP contribution >= 0.6 is 0 Å². The van der Waals surface area contributed by atoms with Crippen LogP contribution < -0.4 is 5.73 Å². The predicted molar refractivity (Wildman–Crippen MR) is 111 cm³/mol. The molecule has 2 N–H and O–H groups in total. The summed E-state index contributed by atoms with van der Waals surface area (Å²) in [5.41, 5.74) is 8.45. The van der Waals surface area contributed by atoms with Crippen molar-refractivity contribution in [1.29, 1.82) is 0 Å². The minimum Gasteiger partial charge on any atom is -0.327 e. The molecule has 2 atom stereocenters. The smallest absolute Gasteiger partial charge is 0.0112 e. The summed E-state index contributed by atoms with van der Waals surface area (Å²) in [6.07, 6.45) is 18.5. The second-order valence-electron chi connectivity index (χ2n) is 7.90. The Kier molecular flexibility index (Phi) is 11.8. The van der Waals surface area contributed by atoms with Crippen LogP contribution in [0.25, 0.3) is 0 Å². The van der Waals surface area contributed by atoms with Gasteiger partial charge in [0.1, 0.15) is 0 Å². The van der Waals surface area contributed by atoms with E-state index in [0.717, 1.165) is 5.92 Å². The summed E-state index contributed by atoms with van der Waals surface area (Å²) in [4.78, 5) is 0. The molecule has 1 fully saturated rings. The van der Waals surface area contributed by atoms with Crippen molar-refractivity contribution >= 4 is 0 Å². The molecule has 2 unspecified atom stereocenters. The first kappa shape index (κ1) is 22.9. The summed E-state index contributed by atoms with van der Waals surface area (Å²) in [6.45, 7) is 16.3. The van der Waals surface area contributed by atoms with E-state index in [1.165, 1.54) is 36.8 Å². The molecule has 1 saturated carbocycles. The summed E-state index contributed by atoms with van der Waals surface area (Å²) in [7, 11) is 0. The Morgan fingerprint density at radius 2 is 1.75 bits per heavy atom. The molecular weight excluding hydrogens is 290 g/mol. The highest BCUT2D eigenvalue weighted by Crippen LogP contribution is 2.44. The Labute approximate surface area is 151 Å². The van der Waals surface area contributed by atoms with Crippen LogP contribution in [0.5, 0.6) is 0 Å². The van der Waals surface area contributed by atoms with Gasteiger partial charge in [0.05, 0.1) is 0 Å². The third-order valence-corrected chi connectivity index (χ3v) is 4.72. The molecule has 0 heterocycles. The summed E-state index contributed by atoms with van der Waals surface area (Å²) < 4.78 is 0. The van der Waals surface area contributed by atoms with Gasteiger partial charge in [-0.25, -0.2) is 0 Å². The molecule has 138 valence electrons. The summed E-state index contributed by atoms with van der Waals surface area (Å²) in [5, 5.41) is 0. The minimum absolute atomic E-state index is 0.435. The highest BCUT2D eigenvalue weighted by molar-refractivity contribution is 5.27. The molecule has 0 bridgehead atoms. The van der Waals surface area contributed by atoms with E-state index in [4.69, 9.17) is 5.73 Å². The molecule has 0 spiro atoms. The standard InChI is InChI=1S/C20H33N.C3H8/c1-16(8-6-9-17(2)13-15-21)11-12-19-18(3)10-7-14-20(19,4)5;1-3-2/h6,8-9,11-13,18-19H,7,10,14-15,21H2,1-5H3;3H2,1-2H3/b9-6+,12-11+,16-8+,17-13+;. The maximum absolute atomic E-state index is 5.49. The summed E-state index contributed by atoms with van der Waals surface area (Å²) in [5.74, 6) is 1.49. The van der Waals surface area contributed by atoms with Gasteiger partial charge in [-0.3, -0.25) is 0 Å². The molecule has 1 heteroatoms. The highest BCUT2D eigenvalue weighted by atomic mass is 14.5. The first-order valence-electron chi connectivity index (χ1n) is 9.68. The number of nitrogens with two attached hydrogens (primary N) is 1. The molecule has 24 heavy (non-hydrogen) atoms. The largest absolute Gasteiger partial charge is 0.327 e. The average Bonchev–Trinajstić information content (AvgIpc) is 2.47. The van der Waals surface area contributed by atoms with Crippen LogP contribution in [0.4, 0.5) is 0 Å². The molecule has 0 aliphatic heterocycles. The van der Waals surface area contributed by atoms with E-state index in [-0.39, 0.29) is 0 Å². The van der Waals surface area contributed by atoms with Gasteiger partial charge in [0, 0.05) is 6.54 Å². The lowest BCUT2D eigenvalue weighted by Crippen LogP contribution is -2.32. The maximum atomic E-state index is 5.49. The topological polar surface area (TPSA) is 26.0 Å². The highest BCUT2D eigenvalue weighted by Gasteiger charge is 2.34. The van der Waals surface area contributed by atoms with Crippen LogP contribution in [0, 0.1) is 17.3 Å². The quantitative estimate of drug-likeness (QED) is 0.549. The number of allylic oxidation sites excluding steroid dienone is 7. The zero-order chi connectivity index (χ0) is 18.6. The molecule has 1 aliphatic carbocycles. The number of hydrogen-bond donors (Lipinski definition) is 1. The molecular formula is C23H41N. The van der Waals surface area contributed by atoms with Crippen molar-refractivity contribution in [3.63, 3.8) is 0 Å². The van der Waals surface area contributed by atoms with Gasteiger partial charge >= 0.3 is 0 Å². The van der Waals surface area contributed by atoms with Crippen molar-refractivity contribution in [3.8, 4) is 0 Å². The Morgan fingerprint density at radius 1 is 1.12 bits per heavy atom. The molecule has 0 radical (unpaired) electrons. The SMILES string of the molecule is CC(/C=C/C1C(C)CCCC1(C)C)=C\C=C\C(C)=C\CN.CCC. The van der Waals surface area contributed by atoms with Crippen molar-refractivity contribution in [2.45, 2.75) is 74.1 Å². The van der Waals surface area contributed by atoms with Crippen LogP contribution in [-0.4, -0.2) is 6.54 Å². The second-order valence-corrected chi connectivity index (χ2v) is 7.90. The third kappa shape index (κ3) is 9.27. The Bertz CT molecular complexity index is 449. The summed E-state index contributed by atoms with van der Waals surface area (Å²) >= 11 is 0. The molecule has 0 aromatic rings. The van der Waals surface area contributed by atoms with Gasteiger partial charge in [0.15, 0.2) is 0 Å². The first-order valence-corrected chi connectivity index (χ1v) is 9.68. The fraction of sp³-hybridized carbons (Fsp3) is 0.652. The lowest BCUT2D eigenvalue weighted by atomic mass is 9.64. The molecule has 1 aliphatic rings. The zero-order valence-electron chi connectivity index (χ0n) is 17.2. The summed E-state index contributed by atoms with van der Waals surface area (Å²) in [6, 6.07) is 0. The number of rotatable bonds is 5. The van der Waals surface area contributed by atoms with Crippen molar-refractivity contribution in [2.75, 3.05) is 6.54 Å². The Morgan fingerprint density at radius 3 is 2.29 bits per heavy atom. The molecule has 0 amide bonds. The van der Waals surface area contributed by atoms with Gasteiger partial charge in [-0.1, -0.05) is 101 Å². The van der Waals surface area contributed by atoms with Gasteiger partial charge in [-0.2, -0.15) is 0 Å². The van der Waals surface area contributed by atoms with Crippen molar-refractivity contribution in [1.82, 2.24) is 0 Å². The van der Waals surface area contributed by atoms with Gasteiger partial charge < -0.3 is 5.73 Å². The third-order valence-electron chi connectivity index (χ3n) is 4.72. The zero-order valence-corrected chi connectivity index (χ0v) is 17.2. The van der Waals surface area contributed by atoms with E-state index in [1.54, 1.807) is 0 Å². The van der Waals surface area contributed by atoms with Gasteiger partial charge in [-0.05, 0) is 37.5 Å². The van der Waals surface area contributed by atoms with Gasteiger partial charge in [0.25, 0.3) is 0 Å². The van der Waals surface area contributed by atoms with Crippen molar-refractivity contribution in [2.24, 2.45) is 23.0 Å². The van der Waals surface area contributed by atoms with Gasteiger partial charge in [-0.15, -0.1) is 0 Å². The Balaban J connectivity index is 0.00000163. The van der Waals surface area contributed by atoms with Crippen LogP contribution in [0.3, 0.4) is 0 Å². The molecule has 1 nitrogen and oxygen atoms in total. The van der Waals surface area contributed by atoms with Crippen LogP contribution in [0.15, 0.2) is 47.6 Å². The second kappa shape index (κ2) is 12.3. The molecule has 0 aromatic carbocycles. The number of hydrogen-bond acceptors (Lipinski definition) is 1. The van der Waals surface area contributed by atoms with Crippen LogP contribution in [0.2, 0.25) is 0 Å².